The molecule has 3 rings (SSSR count). The monoisotopic (exact) mass is 327 g/mol. The van der Waals surface area contributed by atoms with Crippen LogP contribution in [0.1, 0.15) is 15.9 Å². The van der Waals surface area contributed by atoms with Crippen LogP contribution in [0.4, 0.5) is 0 Å². The number of aromatic amines is 1. The molecule has 5 nitrogen and oxygen atoms in total. The molecule has 0 atom stereocenters. The van der Waals surface area contributed by atoms with Crippen molar-refractivity contribution in [3.63, 3.8) is 0 Å². The van der Waals surface area contributed by atoms with Crippen LogP contribution < -0.4 is 10.1 Å². The van der Waals surface area contributed by atoms with Crippen LogP contribution in [0.15, 0.2) is 47.6 Å². The Kier molecular flexibility index (Phi) is 4.52. The Morgan fingerprint density at radius 3 is 2.96 bits per heavy atom. The number of thioether (sulfide) groups is 1. The van der Waals surface area contributed by atoms with Gasteiger partial charge in [-0.05, 0) is 29.8 Å². The third-order valence-electron chi connectivity index (χ3n) is 3.46. The Morgan fingerprint density at radius 1 is 1.30 bits per heavy atom. The summed E-state index contributed by atoms with van der Waals surface area (Å²) in [5.74, 6) is 1.46. The van der Waals surface area contributed by atoms with E-state index in [4.69, 9.17) is 4.74 Å². The standard InChI is InChI=1S/C17H17N3O2S/c1-18-16(21)12-5-3-4-11(8-12)10-23-17-19-14-7-6-13(22-2)9-15(14)20-17/h3-9H,10H2,1-2H3,(H,18,21)(H,19,20). The van der Waals surface area contributed by atoms with E-state index in [-0.39, 0.29) is 5.91 Å². The van der Waals surface area contributed by atoms with Gasteiger partial charge in [0.05, 0.1) is 18.1 Å². The molecule has 0 aliphatic carbocycles. The van der Waals surface area contributed by atoms with Gasteiger partial charge in [-0.25, -0.2) is 4.98 Å². The summed E-state index contributed by atoms with van der Waals surface area (Å²) >= 11 is 1.60. The van der Waals surface area contributed by atoms with Crippen LogP contribution in [0.3, 0.4) is 0 Å². The summed E-state index contributed by atoms with van der Waals surface area (Å²) in [5, 5.41) is 3.48. The predicted octanol–water partition coefficient (Wildman–Crippen LogP) is 3.22. The van der Waals surface area contributed by atoms with E-state index in [1.807, 2.05) is 36.4 Å². The molecule has 118 valence electrons. The average Bonchev–Trinajstić information content (AvgIpc) is 3.01. The summed E-state index contributed by atoms with van der Waals surface area (Å²) in [6.07, 6.45) is 0. The van der Waals surface area contributed by atoms with Gasteiger partial charge in [-0.2, -0.15) is 0 Å². The van der Waals surface area contributed by atoms with Crippen molar-refractivity contribution in [1.29, 1.82) is 0 Å². The van der Waals surface area contributed by atoms with Crippen molar-refractivity contribution in [3.05, 3.63) is 53.6 Å². The first-order valence-electron chi connectivity index (χ1n) is 7.17. The van der Waals surface area contributed by atoms with E-state index in [0.29, 0.717) is 5.56 Å². The minimum absolute atomic E-state index is 0.0762. The van der Waals surface area contributed by atoms with E-state index in [0.717, 1.165) is 33.3 Å². The van der Waals surface area contributed by atoms with Crippen molar-refractivity contribution in [1.82, 2.24) is 15.3 Å². The highest BCUT2D eigenvalue weighted by molar-refractivity contribution is 7.98. The number of imidazole rings is 1. The zero-order valence-corrected chi connectivity index (χ0v) is 13.7. The molecule has 6 heteroatoms. The fraction of sp³-hybridized carbons (Fsp3) is 0.176. The number of fused-ring (bicyclic) bond motifs is 1. The number of nitrogens with one attached hydrogen (secondary N) is 2. The Morgan fingerprint density at radius 2 is 2.17 bits per heavy atom. The molecule has 0 fully saturated rings. The molecule has 0 unspecified atom stereocenters. The normalized spacial score (nSPS) is 10.7. The van der Waals surface area contributed by atoms with Crippen molar-refractivity contribution in [2.75, 3.05) is 14.2 Å². The lowest BCUT2D eigenvalue weighted by molar-refractivity contribution is 0.0963. The van der Waals surface area contributed by atoms with Crippen LogP contribution in [0.25, 0.3) is 11.0 Å². The minimum atomic E-state index is -0.0762. The number of carbonyl (C=O) groups is 1. The molecule has 0 spiro atoms. The zero-order chi connectivity index (χ0) is 16.2. The van der Waals surface area contributed by atoms with Gasteiger partial charge in [0.15, 0.2) is 5.16 Å². The Hall–Kier alpha value is -2.47. The van der Waals surface area contributed by atoms with Crippen LogP contribution in [0, 0.1) is 0 Å². The largest absolute Gasteiger partial charge is 0.497 e. The van der Waals surface area contributed by atoms with E-state index < -0.39 is 0 Å². The summed E-state index contributed by atoms with van der Waals surface area (Å²) in [6.45, 7) is 0. The first-order valence-corrected chi connectivity index (χ1v) is 8.16. The fourth-order valence-corrected chi connectivity index (χ4v) is 3.09. The van der Waals surface area contributed by atoms with Gasteiger partial charge < -0.3 is 15.0 Å². The van der Waals surface area contributed by atoms with E-state index in [1.165, 1.54) is 0 Å². The maximum absolute atomic E-state index is 11.7. The number of amides is 1. The second kappa shape index (κ2) is 6.75. The second-order valence-electron chi connectivity index (χ2n) is 4.99. The first kappa shape index (κ1) is 15.4. The summed E-state index contributed by atoms with van der Waals surface area (Å²) in [4.78, 5) is 19.5. The lowest BCUT2D eigenvalue weighted by Gasteiger charge is -2.03. The number of benzene rings is 2. The number of carbonyl (C=O) groups excluding carboxylic acids is 1. The lowest BCUT2D eigenvalue weighted by Crippen LogP contribution is -2.17. The van der Waals surface area contributed by atoms with Gasteiger partial charge in [-0.1, -0.05) is 23.9 Å². The molecule has 3 aromatic rings. The molecular weight excluding hydrogens is 310 g/mol. The number of nitrogens with zero attached hydrogens (tertiary/aromatic N) is 1. The molecule has 0 saturated heterocycles. The van der Waals surface area contributed by atoms with E-state index in [1.54, 1.807) is 32.0 Å². The molecule has 23 heavy (non-hydrogen) atoms. The quantitative estimate of drug-likeness (QED) is 0.706. The highest BCUT2D eigenvalue weighted by Gasteiger charge is 2.07. The second-order valence-corrected chi connectivity index (χ2v) is 5.96. The summed E-state index contributed by atoms with van der Waals surface area (Å²) < 4.78 is 5.21. The fourth-order valence-electron chi connectivity index (χ4n) is 2.26. The molecule has 1 heterocycles. The van der Waals surface area contributed by atoms with E-state index in [9.17, 15) is 4.79 Å². The third-order valence-corrected chi connectivity index (χ3v) is 4.40. The van der Waals surface area contributed by atoms with E-state index in [2.05, 4.69) is 15.3 Å². The minimum Gasteiger partial charge on any atom is -0.497 e. The maximum atomic E-state index is 11.7. The average molecular weight is 327 g/mol. The SMILES string of the molecule is CNC(=O)c1cccc(CSc2nc3ccc(OC)cc3[nH]2)c1. The van der Waals surface area contributed by atoms with Crippen LogP contribution in [0.5, 0.6) is 5.75 Å². The Balaban J connectivity index is 1.74. The van der Waals surface area contributed by atoms with Crippen molar-refractivity contribution in [2.24, 2.45) is 0 Å². The zero-order valence-electron chi connectivity index (χ0n) is 12.9. The molecule has 1 amide bonds. The van der Waals surface area contributed by atoms with Gasteiger partial charge >= 0.3 is 0 Å². The molecular formula is C17H17N3O2S. The highest BCUT2D eigenvalue weighted by atomic mass is 32.2. The van der Waals surface area contributed by atoms with Gasteiger partial charge in [0, 0.05) is 24.4 Å². The summed E-state index contributed by atoms with van der Waals surface area (Å²) in [7, 11) is 3.28. The molecule has 2 N–H and O–H groups in total. The molecule has 0 bridgehead atoms. The van der Waals surface area contributed by atoms with Crippen molar-refractivity contribution in [2.45, 2.75) is 10.9 Å². The molecule has 0 aliphatic rings. The highest BCUT2D eigenvalue weighted by Crippen LogP contribution is 2.25. The van der Waals surface area contributed by atoms with Crippen LogP contribution in [-0.2, 0) is 5.75 Å². The van der Waals surface area contributed by atoms with Crippen molar-refractivity contribution in [3.8, 4) is 5.75 Å². The smallest absolute Gasteiger partial charge is 0.251 e. The number of rotatable bonds is 5. The molecule has 0 aliphatic heterocycles. The first-order chi connectivity index (χ1) is 11.2. The third kappa shape index (κ3) is 3.48. The number of H-pyrrole nitrogens is 1. The lowest BCUT2D eigenvalue weighted by atomic mass is 10.1. The molecule has 2 aromatic carbocycles. The van der Waals surface area contributed by atoms with Crippen LogP contribution in [-0.4, -0.2) is 30.0 Å². The number of hydrogen-bond donors (Lipinski definition) is 2. The summed E-state index contributed by atoms with van der Waals surface area (Å²) in [6, 6.07) is 13.4. The van der Waals surface area contributed by atoms with Crippen molar-refractivity contribution < 1.29 is 9.53 Å². The number of hydrogen-bond acceptors (Lipinski definition) is 4. The van der Waals surface area contributed by atoms with Gasteiger partial charge in [0.2, 0.25) is 0 Å². The van der Waals surface area contributed by atoms with Crippen molar-refractivity contribution >= 4 is 28.7 Å². The molecule has 0 saturated carbocycles. The molecule has 1 aromatic heterocycles. The van der Waals surface area contributed by atoms with Gasteiger partial charge in [-0.15, -0.1) is 0 Å². The van der Waals surface area contributed by atoms with Gasteiger partial charge in [0.1, 0.15) is 5.75 Å². The van der Waals surface area contributed by atoms with Gasteiger partial charge in [-0.3, -0.25) is 4.79 Å². The summed E-state index contributed by atoms with van der Waals surface area (Å²) in [5.41, 5.74) is 3.60. The predicted molar refractivity (Wildman–Crippen MR) is 92.0 cm³/mol. The Bertz CT molecular complexity index is 845. The van der Waals surface area contributed by atoms with E-state index >= 15 is 0 Å². The number of aromatic nitrogens is 2. The topological polar surface area (TPSA) is 67.0 Å². The number of ether oxygens (including phenoxy) is 1. The van der Waals surface area contributed by atoms with Gasteiger partial charge in [0.25, 0.3) is 5.91 Å². The maximum Gasteiger partial charge on any atom is 0.251 e. The van der Waals surface area contributed by atoms with Crippen LogP contribution in [0.2, 0.25) is 0 Å². The Labute approximate surface area is 138 Å². The van der Waals surface area contributed by atoms with Crippen LogP contribution >= 0.6 is 11.8 Å². The molecule has 0 radical (unpaired) electrons. The number of methoxy groups -OCH3 is 1.